The Kier molecular flexibility index (Phi) is 8.15. The Morgan fingerprint density at radius 1 is 0.556 bits per heavy atom. The summed E-state index contributed by atoms with van der Waals surface area (Å²) in [7, 11) is 0. The number of aryl methyl sites for hydroxylation is 1. The third-order valence-corrected chi connectivity index (χ3v) is 11.1. The van der Waals surface area contributed by atoms with Gasteiger partial charge in [0.05, 0.1) is 11.1 Å². The van der Waals surface area contributed by atoms with Crippen molar-refractivity contribution in [1.82, 2.24) is 0 Å². The van der Waals surface area contributed by atoms with Crippen LogP contribution >= 0.6 is 0 Å². The zero-order chi connectivity index (χ0) is 35.8. The molecule has 0 N–H and O–H groups in total. The first-order valence-corrected chi connectivity index (χ1v) is 19.0. The standard InChI is InChI=1S/C52H39NO/c1-2-13-36(14-3-1)41-20-8-22-44(33-41)53(49-26-12-28-51-52(49)48-35-43-17-5-4-15-37(43)18-11-27-50(48)54-51)45-23-9-21-42(34-45)38-29-31-40(32-30-38)47-25-10-19-39-16-6-7-24-46(39)47/h1-10,12-17,19-26,28-35,37H,11,18,27H2/b43-35-. The first kappa shape index (κ1) is 32.0. The lowest BCUT2D eigenvalue weighted by atomic mass is 9.85. The summed E-state index contributed by atoms with van der Waals surface area (Å²) < 4.78 is 6.72. The lowest BCUT2D eigenvalue weighted by Gasteiger charge is -2.27. The van der Waals surface area contributed by atoms with Gasteiger partial charge in [-0.1, -0.05) is 152 Å². The summed E-state index contributed by atoms with van der Waals surface area (Å²) >= 11 is 0. The number of rotatable bonds is 6. The topological polar surface area (TPSA) is 16.4 Å². The van der Waals surface area contributed by atoms with E-state index in [-0.39, 0.29) is 0 Å². The lowest BCUT2D eigenvalue weighted by molar-refractivity contribution is 0.517. The molecule has 258 valence electrons. The molecular weight excluding hydrogens is 655 g/mol. The van der Waals surface area contributed by atoms with Crippen molar-refractivity contribution in [2.75, 3.05) is 4.90 Å². The molecule has 8 aromatic rings. The van der Waals surface area contributed by atoms with Crippen LogP contribution in [0.2, 0.25) is 0 Å². The van der Waals surface area contributed by atoms with E-state index in [2.05, 4.69) is 199 Å². The van der Waals surface area contributed by atoms with Crippen molar-refractivity contribution in [3.05, 3.63) is 205 Å². The first-order valence-electron chi connectivity index (χ1n) is 19.0. The quantitative estimate of drug-likeness (QED) is 0.172. The highest BCUT2D eigenvalue weighted by atomic mass is 16.3. The number of allylic oxidation sites excluding steroid dienone is 5. The molecule has 2 aliphatic carbocycles. The van der Waals surface area contributed by atoms with Gasteiger partial charge < -0.3 is 9.32 Å². The monoisotopic (exact) mass is 693 g/mol. The highest BCUT2D eigenvalue weighted by molar-refractivity contribution is 6.03. The molecule has 1 aromatic heterocycles. The van der Waals surface area contributed by atoms with Crippen LogP contribution < -0.4 is 4.90 Å². The minimum absolute atomic E-state index is 0.433. The largest absolute Gasteiger partial charge is 0.460 e. The predicted octanol–water partition coefficient (Wildman–Crippen LogP) is 14.5. The second-order valence-electron chi connectivity index (χ2n) is 14.4. The summed E-state index contributed by atoms with van der Waals surface area (Å²) in [6.45, 7) is 0. The molecule has 1 atom stereocenters. The number of hydrogen-bond donors (Lipinski definition) is 0. The van der Waals surface area contributed by atoms with E-state index in [0.717, 1.165) is 53.1 Å². The number of nitrogens with zero attached hydrogens (tertiary/aromatic N) is 1. The van der Waals surface area contributed by atoms with Crippen LogP contribution in [0.1, 0.15) is 24.2 Å². The molecule has 0 bridgehead atoms. The maximum atomic E-state index is 6.72. The maximum Gasteiger partial charge on any atom is 0.137 e. The maximum absolute atomic E-state index is 6.72. The molecule has 0 amide bonds. The van der Waals surface area contributed by atoms with Crippen LogP contribution in [0.25, 0.3) is 61.2 Å². The van der Waals surface area contributed by atoms with Gasteiger partial charge in [-0.2, -0.15) is 0 Å². The Hall–Kier alpha value is -6.64. The second kappa shape index (κ2) is 13.7. The van der Waals surface area contributed by atoms with Gasteiger partial charge in [0, 0.05) is 29.3 Å². The first-order chi connectivity index (χ1) is 26.8. The van der Waals surface area contributed by atoms with Crippen molar-refractivity contribution >= 4 is 44.9 Å². The fourth-order valence-corrected chi connectivity index (χ4v) is 8.42. The van der Waals surface area contributed by atoms with Gasteiger partial charge in [0.2, 0.25) is 0 Å². The minimum Gasteiger partial charge on any atom is -0.460 e. The average molecular weight is 694 g/mol. The number of anilines is 3. The van der Waals surface area contributed by atoms with Gasteiger partial charge in [0.25, 0.3) is 0 Å². The van der Waals surface area contributed by atoms with Crippen molar-refractivity contribution in [3.8, 4) is 33.4 Å². The average Bonchev–Trinajstić information content (AvgIpc) is 3.57. The number of furan rings is 1. The molecule has 54 heavy (non-hydrogen) atoms. The van der Waals surface area contributed by atoms with Gasteiger partial charge in [0.15, 0.2) is 0 Å². The van der Waals surface area contributed by atoms with Crippen molar-refractivity contribution in [2.24, 2.45) is 5.92 Å². The molecule has 2 aliphatic rings. The van der Waals surface area contributed by atoms with E-state index < -0.39 is 0 Å². The number of hydrogen-bond acceptors (Lipinski definition) is 2. The molecule has 0 saturated carbocycles. The Labute approximate surface area is 316 Å². The molecule has 7 aromatic carbocycles. The van der Waals surface area contributed by atoms with Crippen molar-refractivity contribution in [2.45, 2.75) is 19.3 Å². The zero-order valence-electron chi connectivity index (χ0n) is 30.0. The van der Waals surface area contributed by atoms with Crippen LogP contribution in [0.5, 0.6) is 0 Å². The lowest BCUT2D eigenvalue weighted by Crippen LogP contribution is -2.11. The number of fused-ring (bicyclic) bond motifs is 5. The molecular formula is C52H39NO. The molecule has 1 unspecified atom stereocenters. The van der Waals surface area contributed by atoms with E-state index in [1.165, 1.54) is 55.3 Å². The van der Waals surface area contributed by atoms with Gasteiger partial charge in [-0.05, 0) is 105 Å². The minimum atomic E-state index is 0.433. The second-order valence-corrected chi connectivity index (χ2v) is 14.4. The fourth-order valence-electron chi connectivity index (χ4n) is 8.42. The van der Waals surface area contributed by atoms with Gasteiger partial charge in [-0.15, -0.1) is 0 Å². The predicted molar refractivity (Wildman–Crippen MR) is 227 cm³/mol. The van der Waals surface area contributed by atoms with Crippen LogP contribution in [0.4, 0.5) is 17.1 Å². The molecule has 2 nitrogen and oxygen atoms in total. The summed E-state index contributed by atoms with van der Waals surface area (Å²) in [6.07, 6.45) is 14.5. The Morgan fingerprint density at radius 3 is 2.04 bits per heavy atom. The van der Waals surface area contributed by atoms with Gasteiger partial charge in [-0.3, -0.25) is 0 Å². The third-order valence-electron chi connectivity index (χ3n) is 11.1. The van der Waals surface area contributed by atoms with E-state index in [9.17, 15) is 0 Å². The van der Waals surface area contributed by atoms with E-state index in [1.54, 1.807) is 0 Å². The molecule has 1 heterocycles. The molecule has 0 radical (unpaired) electrons. The molecule has 2 heteroatoms. The van der Waals surface area contributed by atoms with Crippen LogP contribution in [0.3, 0.4) is 0 Å². The van der Waals surface area contributed by atoms with Crippen LogP contribution in [-0.2, 0) is 6.42 Å². The van der Waals surface area contributed by atoms with Crippen molar-refractivity contribution < 1.29 is 4.42 Å². The summed E-state index contributed by atoms with van der Waals surface area (Å²) in [6, 6.07) is 59.2. The van der Waals surface area contributed by atoms with E-state index in [1.807, 2.05) is 0 Å². The Morgan fingerprint density at radius 2 is 1.22 bits per heavy atom. The van der Waals surface area contributed by atoms with Gasteiger partial charge >= 0.3 is 0 Å². The van der Waals surface area contributed by atoms with E-state index >= 15 is 0 Å². The highest BCUT2D eigenvalue weighted by Gasteiger charge is 2.25. The molecule has 0 spiro atoms. The molecule has 0 fully saturated rings. The Balaban J connectivity index is 1.13. The zero-order valence-corrected chi connectivity index (χ0v) is 30.0. The normalized spacial score (nSPS) is 15.9. The SMILES string of the molecule is C1=C/C2=C/c3c(oc4cccc(N(c5cccc(-c6ccccc6)c5)c5cccc(-c6ccc(-c7cccc8ccccc78)cc6)c5)c34)CCCC2C=C1. The molecule has 0 saturated heterocycles. The fraction of sp³-hybridized carbons (Fsp3) is 0.0769. The summed E-state index contributed by atoms with van der Waals surface area (Å²) in [4.78, 5) is 2.42. The van der Waals surface area contributed by atoms with Crippen LogP contribution in [0.15, 0.2) is 198 Å². The van der Waals surface area contributed by atoms with Crippen LogP contribution in [0, 0.1) is 5.92 Å². The smallest absolute Gasteiger partial charge is 0.137 e. The third kappa shape index (κ3) is 5.87. The molecule has 0 aliphatic heterocycles. The van der Waals surface area contributed by atoms with E-state index in [4.69, 9.17) is 4.42 Å². The Bertz CT molecular complexity index is 2740. The van der Waals surface area contributed by atoms with Crippen LogP contribution in [-0.4, -0.2) is 0 Å². The summed E-state index contributed by atoms with van der Waals surface area (Å²) in [5, 5.41) is 3.68. The molecule has 10 rings (SSSR count). The van der Waals surface area contributed by atoms with Crippen molar-refractivity contribution in [1.29, 1.82) is 0 Å². The highest BCUT2D eigenvalue weighted by Crippen LogP contribution is 2.45. The van der Waals surface area contributed by atoms with Crippen molar-refractivity contribution in [3.63, 3.8) is 0 Å². The van der Waals surface area contributed by atoms with E-state index in [0.29, 0.717) is 5.92 Å². The number of benzene rings is 7. The van der Waals surface area contributed by atoms with Gasteiger partial charge in [-0.25, -0.2) is 0 Å². The summed E-state index contributed by atoms with van der Waals surface area (Å²) in [5.74, 6) is 1.51. The summed E-state index contributed by atoms with van der Waals surface area (Å²) in [5.41, 5.74) is 14.0. The van der Waals surface area contributed by atoms with Gasteiger partial charge in [0.1, 0.15) is 11.3 Å².